The molecule has 3 N–H and O–H groups in total. The molecule has 1 aliphatic carbocycles. The Balaban J connectivity index is 1.59. The van der Waals surface area contributed by atoms with Crippen molar-refractivity contribution in [1.29, 1.82) is 0 Å². The summed E-state index contributed by atoms with van der Waals surface area (Å²) in [5.41, 5.74) is -0.0877. The van der Waals surface area contributed by atoms with Crippen LogP contribution < -0.4 is 15.5 Å². The highest BCUT2D eigenvalue weighted by Gasteiger charge is 2.39. The molecule has 1 amide bonds. The van der Waals surface area contributed by atoms with Crippen LogP contribution in [0.15, 0.2) is 33.5 Å². The van der Waals surface area contributed by atoms with E-state index in [0.717, 1.165) is 38.8 Å². The number of carbonyl (C=O) groups excluding carboxylic acids is 1. The van der Waals surface area contributed by atoms with Gasteiger partial charge in [0.05, 0.1) is 26.2 Å². The summed E-state index contributed by atoms with van der Waals surface area (Å²) in [6.07, 6.45) is 5.47. The predicted molar refractivity (Wildman–Crippen MR) is 134 cm³/mol. The van der Waals surface area contributed by atoms with E-state index in [1.54, 1.807) is 19.1 Å². The molecule has 1 aliphatic heterocycles. The summed E-state index contributed by atoms with van der Waals surface area (Å²) in [5, 5.41) is 23.8. The topological polar surface area (TPSA) is 121 Å². The number of nitrogens with zero attached hydrogens (tertiary/aromatic N) is 1. The van der Waals surface area contributed by atoms with Crippen molar-refractivity contribution in [2.24, 2.45) is 0 Å². The Kier molecular flexibility index (Phi) is 8.21. The van der Waals surface area contributed by atoms with Crippen molar-refractivity contribution in [3.63, 3.8) is 0 Å². The van der Waals surface area contributed by atoms with Gasteiger partial charge in [0.2, 0.25) is 17.1 Å². The molecule has 1 aromatic heterocycles. The number of aryl methyl sites for hydroxylation is 1. The molecule has 2 heterocycles. The monoisotopic (exact) mass is 500 g/mol. The van der Waals surface area contributed by atoms with Gasteiger partial charge in [-0.1, -0.05) is 25.3 Å². The SMILES string of the molecule is COc1cc(C(CC(=O)NCC2(N3CCOCC3)CCCCC2)c2oc(C)cc(=O)c2O)ccc1O. The molecule has 0 radical (unpaired) electrons. The zero-order valence-electron chi connectivity index (χ0n) is 21.0. The third kappa shape index (κ3) is 5.68. The smallest absolute Gasteiger partial charge is 0.227 e. The van der Waals surface area contributed by atoms with Gasteiger partial charge in [-0.05, 0) is 37.5 Å². The van der Waals surface area contributed by atoms with Crippen LogP contribution in [0.5, 0.6) is 17.2 Å². The van der Waals surface area contributed by atoms with Gasteiger partial charge in [0.15, 0.2) is 17.3 Å². The van der Waals surface area contributed by atoms with Gasteiger partial charge in [-0.3, -0.25) is 14.5 Å². The summed E-state index contributed by atoms with van der Waals surface area (Å²) in [7, 11) is 1.43. The average molecular weight is 501 g/mol. The minimum atomic E-state index is -0.752. The summed E-state index contributed by atoms with van der Waals surface area (Å²) in [6.45, 7) is 5.26. The number of phenols is 1. The molecule has 1 saturated carbocycles. The minimum Gasteiger partial charge on any atom is -0.504 e. The van der Waals surface area contributed by atoms with Crippen LogP contribution in [0.1, 0.15) is 61.5 Å². The van der Waals surface area contributed by atoms with Crippen molar-refractivity contribution >= 4 is 5.91 Å². The first-order valence-electron chi connectivity index (χ1n) is 12.6. The number of hydrogen-bond donors (Lipinski definition) is 3. The maximum atomic E-state index is 13.3. The van der Waals surface area contributed by atoms with Gasteiger partial charge in [0.1, 0.15) is 5.76 Å². The molecule has 196 valence electrons. The number of methoxy groups -OCH3 is 1. The number of benzene rings is 1. The maximum absolute atomic E-state index is 13.3. The summed E-state index contributed by atoms with van der Waals surface area (Å²) in [4.78, 5) is 28.1. The van der Waals surface area contributed by atoms with E-state index in [1.807, 2.05) is 0 Å². The van der Waals surface area contributed by atoms with E-state index in [2.05, 4.69) is 10.2 Å². The third-order valence-electron chi connectivity index (χ3n) is 7.47. The van der Waals surface area contributed by atoms with Crippen LogP contribution in [0.2, 0.25) is 0 Å². The zero-order chi connectivity index (χ0) is 25.7. The van der Waals surface area contributed by atoms with E-state index in [9.17, 15) is 19.8 Å². The molecule has 2 fully saturated rings. The Morgan fingerprint density at radius 2 is 1.89 bits per heavy atom. The van der Waals surface area contributed by atoms with Crippen molar-refractivity contribution in [2.75, 3.05) is 40.0 Å². The summed E-state index contributed by atoms with van der Waals surface area (Å²) < 4.78 is 16.6. The van der Waals surface area contributed by atoms with Gasteiger partial charge in [-0.2, -0.15) is 0 Å². The largest absolute Gasteiger partial charge is 0.504 e. The molecular formula is C27H36N2O7. The fourth-order valence-electron chi connectivity index (χ4n) is 5.51. The lowest BCUT2D eigenvalue weighted by Crippen LogP contribution is -2.59. The van der Waals surface area contributed by atoms with Crippen LogP contribution in [0.4, 0.5) is 0 Å². The lowest BCUT2D eigenvalue weighted by molar-refractivity contribution is -0.122. The molecule has 0 spiro atoms. The number of aromatic hydroxyl groups is 2. The Hall–Kier alpha value is -3.04. The Bertz CT molecular complexity index is 1120. The first-order chi connectivity index (χ1) is 17.3. The molecule has 1 unspecified atom stereocenters. The summed E-state index contributed by atoms with van der Waals surface area (Å²) in [6, 6.07) is 5.89. The number of phenolic OH excluding ortho intramolecular Hbond substituents is 1. The minimum absolute atomic E-state index is 0.0171. The number of morpholine rings is 1. The molecule has 2 aromatic rings. The number of ether oxygens (including phenoxy) is 2. The first kappa shape index (κ1) is 26.0. The Morgan fingerprint density at radius 1 is 1.17 bits per heavy atom. The molecular weight excluding hydrogens is 464 g/mol. The Morgan fingerprint density at radius 3 is 2.58 bits per heavy atom. The van der Waals surface area contributed by atoms with Crippen LogP contribution in [-0.4, -0.2) is 66.5 Å². The maximum Gasteiger partial charge on any atom is 0.227 e. The molecule has 9 nitrogen and oxygen atoms in total. The van der Waals surface area contributed by atoms with Crippen molar-refractivity contribution in [3.8, 4) is 17.2 Å². The molecule has 4 rings (SSSR count). The van der Waals surface area contributed by atoms with Gasteiger partial charge < -0.3 is 29.4 Å². The highest BCUT2D eigenvalue weighted by atomic mass is 16.5. The number of carbonyl (C=O) groups is 1. The number of hydrogen-bond acceptors (Lipinski definition) is 8. The zero-order valence-corrected chi connectivity index (χ0v) is 21.0. The molecule has 1 aromatic carbocycles. The van der Waals surface area contributed by atoms with E-state index in [-0.39, 0.29) is 35.1 Å². The van der Waals surface area contributed by atoms with E-state index in [0.29, 0.717) is 31.1 Å². The van der Waals surface area contributed by atoms with Crippen molar-refractivity contribution in [2.45, 2.75) is 56.9 Å². The van der Waals surface area contributed by atoms with E-state index >= 15 is 0 Å². The van der Waals surface area contributed by atoms with Gasteiger partial charge >= 0.3 is 0 Å². The highest BCUT2D eigenvalue weighted by Crippen LogP contribution is 2.38. The number of nitrogens with one attached hydrogen (secondary N) is 1. The summed E-state index contributed by atoms with van der Waals surface area (Å²) in [5.74, 6) is -0.972. The third-order valence-corrected chi connectivity index (χ3v) is 7.47. The van der Waals surface area contributed by atoms with Crippen LogP contribution in [0, 0.1) is 6.92 Å². The van der Waals surface area contributed by atoms with Gasteiger partial charge in [0.25, 0.3) is 0 Å². The lowest BCUT2D eigenvalue weighted by atomic mass is 9.79. The lowest BCUT2D eigenvalue weighted by Gasteiger charge is -2.48. The molecule has 1 atom stereocenters. The Labute approximate surface area is 211 Å². The number of amides is 1. The van der Waals surface area contributed by atoms with Crippen LogP contribution in [-0.2, 0) is 9.53 Å². The predicted octanol–water partition coefficient (Wildman–Crippen LogP) is 3.04. The normalized spacial score (nSPS) is 18.9. The van der Waals surface area contributed by atoms with E-state index < -0.39 is 17.1 Å². The molecule has 1 saturated heterocycles. The standard InChI is InChI=1S/C27H36N2O7/c1-18-14-22(31)25(33)26(36-18)20(19-6-7-21(30)23(15-19)34-2)16-24(32)28-17-27(8-4-3-5-9-27)29-10-12-35-13-11-29/h6-7,14-15,20,30,33H,3-5,8-13,16-17H2,1-2H3,(H,28,32). The van der Waals surface area contributed by atoms with Crippen molar-refractivity contribution in [3.05, 3.63) is 51.6 Å². The second-order valence-electron chi connectivity index (χ2n) is 9.78. The van der Waals surface area contributed by atoms with Gasteiger partial charge in [0, 0.05) is 37.7 Å². The van der Waals surface area contributed by atoms with E-state index in [4.69, 9.17) is 13.9 Å². The molecule has 0 bridgehead atoms. The number of rotatable bonds is 8. The molecule has 2 aliphatic rings. The van der Waals surface area contributed by atoms with Crippen LogP contribution in [0.3, 0.4) is 0 Å². The quantitative estimate of drug-likeness (QED) is 0.506. The second-order valence-corrected chi connectivity index (χ2v) is 9.78. The molecule has 36 heavy (non-hydrogen) atoms. The van der Waals surface area contributed by atoms with E-state index in [1.165, 1.54) is 25.7 Å². The van der Waals surface area contributed by atoms with Crippen LogP contribution >= 0.6 is 0 Å². The van der Waals surface area contributed by atoms with Crippen molar-refractivity contribution in [1.82, 2.24) is 10.2 Å². The van der Waals surface area contributed by atoms with Crippen molar-refractivity contribution < 1.29 is 28.9 Å². The van der Waals surface area contributed by atoms with Crippen LogP contribution in [0.25, 0.3) is 0 Å². The van der Waals surface area contributed by atoms with Gasteiger partial charge in [-0.25, -0.2) is 0 Å². The molecule has 9 heteroatoms. The fourth-order valence-corrected chi connectivity index (χ4v) is 5.51. The average Bonchev–Trinajstić information content (AvgIpc) is 2.90. The fraction of sp³-hybridized carbons (Fsp3) is 0.556. The highest BCUT2D eigenvalue weighted by molar-refractivity contribution is 5.77. The summed E-state index contributed by atoms with van der Waals surface area (Å²) >= 11 is 0. The van der Waals surface area contributed by atoms with Gasteiger partial charge in [-0.15, -0.1) is 0 Å². The second kappa shape index (κ2) is 11.3. The first-order valence-corrected chi connectivity index (χ1v) is 12.6.